The van der Waals surface area contributed by atoms with E-state index in [1.54, 1.807) is 74.1 Å². The number of hydrogen-bond acceptors (Lipinski definition) is 14. The number of phosphoric acid groups is 1. The Hall–Kier alpha value is -4.71. The van der Waals surface area contributed by atoms with E-state index in [4.69, 9.17) is 32.6 Å². The summed E-state index contributed by atoms with van der Waals surface area (Å²) in [5.74, 6) is -8.78. The van der Waals surface area contributed by atoms with Gasteiger partial charge in [0.1, 0.15) is 22.8 Å². The molecule has 1 spiro atoms. The maximum absolute atomic E-state index is 14.5. The number of amides is 2. The molecule has 1 aliphatic carbocycles. The number of carbonyl (C=O) groups is 4. The van der Waals surface area contributed by atoms with Crippen molar-refractivity contribution in [3.63, 3.8) is 0 Å². The predicted octanol–water partition coefficient (Wildman–Crippen LogP) is 6.61. The molecule has 2 aromatic rings. The zero-order valence-corrected chi connectivity index (χ0v) is 38.4. The van der Waals surface area contributed by atoms with Crippen molar-refractivity contribution >= 4 is 37.3 Å². The fourth-order valence-corrected chi connectivity index (χ4v) is 9.94. The van der Waals surface area contributed by atoms with Crippen molar-refractivity contribution in [1.29, 1.82) is 0 Å². The maximum Gasteiger partial charge on any atom is 0.475 e. The molecule has 0 radical (unpaired) electrons. The number of phosphoric ester groups is 1. The molecule has 2 fully saturated rings. The van der Waals surface area contributed by atoms with Crippen molar-refractivity contribution in [2.45, 2.75) is 136 Å². The summed E-state index contributed by atoms with van der Waals surface area (Å²) >= 11 is 0. The second-order valence-electron chi connectivity index (χ2n) is 19.5. The minimum Gasteiger partial charge on any atom is -0.460 e. The molecule has 4 aliphatic rings. The molecule has 6 rings (SSSR count). The Kier molecular flexibility index (Phi) is 13.2. The molecular weight excluding hydrogens is 849 g/mol. The Morgan fingerprint density at radius 2 is 1.63 bits per heavy atom. The summed E-state index contributed by atoms with van der Waals surface area (Å²) in [6.45, 7) is 16.9. The number of carbonyl (C=O) groups excluding carboxylic acids is 4. The average Bonchev–Trinajstić information content (AvgIpc) is 3.78. The van der Waals surface area contributed by atoms with E-state index in [0.717, 1.165) is 12.1 Å². The minimum absolute atomic E-state index is 0.0551. The van der Waals surface area contributed by atoms with Crippen LogP contribution >= 0.6 is 7.82 Å². The van der Waals surface area contributed by atoms with Gasteiger partial charge in [0.25, 0.3) is 11.8 Å². The summed E-state index contributed by atoms with van der Waals surface area (Å²) in [7, 11) is -4.27. The number of hydrogen-bond donors (Lipinski definition) is 1. The van der Waals surface area contributed by atoms with Gasteiger partial charge in [-0.25, -0.2) is 13.3 Å². The highest BCUT2D eigenvalue weighted by molar-refractivity contribution is 7.48. The van der Waals surface area contributed by atoms with Crippen LogP contribution in [0.5, 0.6) is 5.75 Å². The number of halogens is 2. The van der Waals surface area contributed by atoms with E-state index >= 15 is 0 Å². The molecule has 1 aromatic heterocycles. The van der Waals surface area contributed by atoms with Gasteiger partial charge in [-0.3, -0.25) is 37.5 Å². The lowest BCUT2D eigenvalue weighted by Gasteiger charge is -2.42. The Labute approximate surface area is 364 Å². The van der Waals surface area contributed by atoms with Crippen LogP contribution in [-0.4, -0.2) is 87.3 Å². The minimum atomic E-state index is -4.27. The summed E-state index contributed by atoms with van der Waals surface area (Å²) in [6, 6.07) is 1.86. The molecule has 2 bridgehead atoms. The Morgan fingerprint density at radius 3 is 2.22 bits per heavy atom. The molecule has 1 aromatic carbocycles. The summed E-state index contributed by atoms with van der Waals surface area (Å²) in [5.41, 5.74) is -4.94. The summed E-state index contributed by atoms with van der Waals surface area (Å²) in [4.78, 5) is 77.3. The highest BCUT2D eigenvalue weighted by Crippen LogP contribution is 2.58. The first-order chi connectivity index (χ1) is 29.1. The van der Waals surface area contributed by atoms with Gasteiger partial charge in [-0.05, 0) is 95.1 Å². The molecule has 2 amide bonds. The van der Waals surface area contributed by atoms with Crippen LogP contribution in [0.15, 0.2) is 34.3 Å². The Morgan fingerprint density at radius 1 is 0.984 bits per heavy atom. The van der Waals surface area contributed by atoms with Crippen molar-refractivity contribution in [3.05, 3.63) is 63.1 Å². The third-order valence-electron chi connectivity index (χ3n) is 10.8. The number of pyridine rings is 1. The number of esters is 2. The predicted molar refractivity (Wildman–Crippen MR) is 222 cm³/mol. The van der Waals surface area contributed by atoms with Crippen LogP contribution in [0.1, 0.15) is 128 Å². The molecule has 3 aliphatic heterocycles. The van der Waals surface area contributed by atoms with Crippen LogP contribution < -0.4 is 15.5 Å². The Balaban J connectivity index is 1.30. The van der Waals surface area contributed by atoms with Crippen LogP contribution in [0.2, 0.25) is 0 Å². The highest BCUT2D eigenvalue weighted by atomic mass is 31.2. The third-order valence-corrected chi connectivity index (χ3v) is 12.9. The fourth-order valence-electron chi connectivity index (χ4n) is 8.10. The molecule has 1 saturated heterocycles. The van der Waals surface area contributed by atoms with Gasteiger partial charge in [-0.2, -0.15) is 0 Å². The van der Waals surface area contributed by atoms with Gasteiger partial charge in [0.15, 0.2) is 11.3 Å². The van der Waals surface area contributed by atoms with Gasteiger partial charge in [0, 0.05) is 49.3 Å². The topological polar surface area (TPSA) is 200 Å². The lowest BCUT2D eigenvalue weighted by atomic mass is 9.84. The lowest BCUT2D eigenvalue weighted by Crippen LogP contribution is -2.52. The number of ether oxygens (including phenoxy) is 3. The highest BCUT2D eigenvalue weighted by Gasteiger charge is 2.62. The number of nitrogens with one attached hydrogen (secondary N) is 1. The van der Waals surface area contributed by atoms with E-state index in [1.165, 1.54) is 10.8 Å². The van der Waals surface area contributed by atoms with Crippen LogP contribution in [-0.2, 0) is 48.6 Å². The van der Waals surface area contributed by atoms with E-state index in [2.05, 4.69) is 10.5 Å². The van der Waals surface area contributed by atoms with Gasteiger partial charge in [-0.1, -0.05) is 11.2 Å². The van der Waals surface area contributed by atoms with Gasteiger partial charge >= 0.3 is 19.8 Å². The summed E-state index contributed by atoms with van der Waals surface area (Å²) < 4.78 is 77.6. The molecule has 346 valence electrons. The van der Waals surface area contributed by atoms with Crippen molar-refractivity contribution in [2.75, 3.05) is 19.9 Å². The van der Waals surface area contributed by atoms with Gasteiger partial charge in [-0.15, -0.1) is 0 Å². The first-order valence-corrected chi connectivity index (χ1v) is 22.3. The standard InChI is InChI=1S/C43H57F2N4O13P/c1-23-17-43(60-47-23)15-14-24(2)48-20-30(43)49-19-27(36(51)46-18-25-12-13-26(44)16-29(25)45)34(50)35(33(49)37(48)52)56-22-57-38(53)31-28(32(31)39(54)59-40(3,4)5)21-58-63(55,61-41(6,7)8)62-42(9,10)11/h12-13,16,19,24,28,30-32H,14-15,17-18,20-22H2,1-11H3,(H,46,51)/t24-,28-,30+,31+,32+,43-/m0/s1. The van der Waals surface area contributed by atoms with E-state index < -0.39 is 126 Å². The number of benzene rings is 1. The average molecular weight is 907 g/mol. The summed E-state index contributed by atoms with van der Waals surface area (Å²) in [6.07, 6.45) is 2.62. The monoisotopic (exact) mass is 906 g/mol. The fraction of sp³-hybridized carbons (Fsp3) is 0.628. The molecule has 63 heavy (non-hydrogen) atoms. The second kappa shape index (κ2) is 17.3. The summed E-state index contributed by atoms with van der Waals surface area (Å²) in [5, 5.41) is 6.71. The number of aromatic nitrogens is 1. The molecular formula is C43H57F2N4O13P. The second-order valence-corrected chi connectivity index (χ2v) is 21.0. The van der Waals surface area contributed by atoms with Gasteiger partial charge in [0.2, 0.25) is 18.0 Å². The van der Waals surface area contributed by atoms with Gasteiger partial charge < -0.3 is 33.8 Å². The molecule has 6 atom stereocenters. The van der Waals surface area contributed by atoms with Crippen LogP contribution in [0.25, 0.3) is 0 Å². The first-order valence-electron chi connectivity index (χ1n) is 20.8. The number of oxime groups is 1. The number of nitrogens with zero attached hydrogens (tertiary/aromatic N) is 3. The zero-order valence-electron chi connectivity index (χ0n) is 37.5. The molecule has 0 unspecified atom stereocenters. The van der Waals surface area contributed by atoms with E-state index in [-0.39, 0.29) is 23.8 Å². The van der Waals surface area contributed by atoms with E-state index in [0.29, 0.717) is 31.0 Å². The van der Waals surface area contributed by atoms with Crippen molar-refractivity contribution in [3.8, 4) is 5.75 Å². The quantitative estimate of drug-likeness (QED) is 0.128. The SMILES string of the molecule is CC1=NO[C@@]2(CC[C@H](C)N3C[C@H]2n2cc(C(=O)NCc4ccc(F)cc4F)c(=O)c(OCOC(=O)[C@@H]4[C@H](COP(=O)(OC(C)(C)C)OC(C)(C)C)[C@H]4C(=O)OC(C)(C)C)c2C3=O)C1. The van der Waals surface area contributed by atoms with E-state index in [9.17, 15) is 37.3 Å². The molecule has 17 nitrogen and oxygen atoms in total. The van der Waals surface area contributed by atoms with Crippen LogP contribution in [0.3, 0.4) is 0 Å². The molecule has 1 N–H and O–H groups in total. The van der Waals surface area contributed by atoms with Crippen molar-refractivity contribution in [2.24, 2.45) is 22.9 Å². The largest absolute Gasteiger partial charge is 0.475 e. The van der Waals surface area contributed by atoms with E-state index in [1.807, 2.05) is 6.92 Å². The number of fused-ring (bicyclic) bond motifs is 5. The zero-order chi connectivity index (χ0) is 46.6. The van der Waals surface area contributed by atoms with Crippen LogP contribution in [0, 0.1) is 29.4 Å². The maximum atomic E-state index is 14.5. The van der Waals surface area contributed by atoms with Crippen LogP contribution in [0.4, 0.5) is 8.78 Å². The molecule has 4 heterocycles. The van der Waals surface area contributed by atoms with Gasteiger partial charge in [0.05, 0.1) is 41.4 Å². The van der Waals surface area contributed by atoms with Crippen molar-refractivity contribution < 1.29 is 65.1 Å². The Bertz CT molecular complexity index is 2280. The van der Waals surface area contributed by atoms with Crippen molar-refractivity contribution in [1.82, 2.24) is 14.8 Å². The molecule has 20 heteroatoms. The number of rotatable bonds is 13. The first kappa shape index (κ1) is 47.8. The smallest absolute Gasteiger partial charge is 0.460 e. The normalized spacial score (nSPS) is 24.5. The lowest BCUT2D eigenvalue weighted by molar-refractivity contribution is -0.161. The molecule has 1 saturated carbocycles. The third kappa shape index (κ3) is 10.8.